The van der Waals surface area contributed by atoms with Gasteiger partial charge in [-0.3, -0.25) is 14.4 Å². The van der Waals surface area contributed by atoms with Crippen molar-refractivity contribution in [2.45, 2.75) is 90.7 Å². The van der Waals surface area contributed by atoms with Gasteiger partial charge in [-0.15, -0.1) is 12.4 Å². The number of hydrogen-bond donors (Lipinski definition) is 3. The number of nitrogens with two attached hydrogens (primary N) is 1. The minimum atomic E-state index is -0.458. The summed E-state index contributed by atoms with van der Waals surface area (Å²) in [5, 5.41) is 5.69. The molecular formula is C34H44ClF2N3O4. The first-order valence-corrected chi connectivity index (χ1v) is 15.1. The van der Waals surface area contributed by atoms with Gasteiger partial charge in [0, 0.05) is 28.7 Å². The average Bonchev–Trinajstić information content (AvgIpc) is 2.84. The normalized spacial score (nSPS) is 30.1. The van der Waals surface area contributed by atoms with Crippen molar-refractivity contribution >= 4 is 41.6 Å². The molecule has 0 radical (unpaired) electrons. The van der Waals surface area contributed by atoms with Crippen molar-refractivity contribution in [2.75, 3.05) is 10.6 Å². The van der Waals surface area contributed by atoms with Crippen molar-refractivity contribution in [1.29, 1.82) is 0 Å². The molecule has 0 unspecified atom stereocenters. The lowest BCUT2D eigenvalue weighted by Gasteiger charge is -2.72. The third-order valence-electron chi connectivity index (χ3n) is 10.1. The lowest BCUT2D eigenvalue weighted by Crippen LogP contribution is -2.75. The van der Waals surface area contributed by atoms with Crippen LogP contribution in [0, 0.1) is 39.7 Å². The summed E-state index contributed by atoms with van der Waals surface area (Å²) in [5.74, 6) is -0.976. The molecule has 0 saturated heterocycles. The standard InChI is InChI=1S/C20H26FNO3.C14H17FN2O.ClH/c1-13(17(24)22-15-7-5-14(21)6-8-15)20-10-19(11-20,12-20)9-16(23)25-18(2,3)4;1-9(13-6-14(16,7-13)8-13)12(18)17-11-4-2-10(15)3-5-11;/h5-8,13H,9-12H2,1-4H3,(H,22,24);2-5,9H,6-8,16H2,1H3,(H,17,18);1H/t13-,19?,20?;9-,13?,14?;/m11./s1. The molecular weight excluding hydrogens is 588 g/mol. The van der Waals surface area contributed by atoms with Crippen molar-refractivity contribution < 1.29 is 27.9 Å². The Morgan fingerprint density at radius 1 is 0.773 bits per heavy atom. The molecule has 2 aromatic carbocycles. The summed E-state index contributed by atoms with van der Waals surface area (Å²) < 4.78 is 31.1. The summed E-state index contributed by atoms with van der Waals surface area (Å²) in [4.78, 5) is 36.6. The second kappa shape index (κ2) is 11.7. The number of hydrogen-bond acceptors (Lipinski definition) is 5. The number of carbonyl (C=O) groups is 3. The van der Waals surface area contributed by atoms with E-state index >= 15 is 0 Å². The molecule has 0 aliphatic heterocycles. The minimum absolute atomic E-state index is 0. The van der Waals surface area contributed by atoms with Crippen LogP contribution < -0.4 is 16.4 Å². The number of nitrogens with one attached hydrogen (secondary N) is 2. The van der Waals surface area contributed by atoms with Crippen LogP contribution in [-0.2, 0) is 19.1 Å². The van der Waals surface area contributed by atoms with Crippen LogP contribution in [0.2, 0.25) is 0 Å². The molecule has 10 heteroatoms. The van der Waals surface area contributed by atoms with Crippen LogP contribution in [-0.4, -0.2) is 28.9 Å². The summed E-state index contributed by atoms with van der Waals surface area (Å²) in [6.45, 7) is 9.51. The van der Waals surface area contributed by atoms with Crippen molar-refractivity contribution in [3.8, 4) is 0 Å². The van der Waals surface area contributed by atoms with E-state index in [2.05, 4.69) is 10.6 Å². The Bertz CT molecular complexity index is 1370. The molecule has 7 nitrogen and oxygen atoms in total. The molecule has 6 aliphatic carbocycles. The maximum Gasteiger partial charge on any atom is 0.306 e. The van der Waals surface area contributed by atoms with Crippen LogP contribution in [0.1, 0.15) is 79.6 Å². The Kier molecular flexibility index (Phi) is 9.01. The SMILES string of the molecule is C[C@H](C(=O)Nc1ccc(F)cc1)C12CC(CC(=O)OC(C)(C)C)(C1)C2.C[C@H](C(=O)Nc1ccc(F)cc1)C12CC(N)(C1)C2.Cl. The molecule has 6 saturated carbocycles. The summed E-state index contributed by atoms with van der Waals surface area (Å²) >= 11 is 0. The lowest BCUT2D eigenvalue weighted by molar-refractivity contribution is -0.236. The minimum Gasteiger partial charge on any atom is -0.460 e. The highest BCUT2D eigenvalue weighted by molar-refractivity contribution is 5.94. The molecule has 6 aliphatic rings. The number of amides is 2. The lowest BCUT2D eigenvalue weighted by atomic mass is 9.31. The smallest absolute Gasteiger partial charge is 0.306 e. The van der Waals surface area contributed by atoms with Gasteiger partial charge in [0.1, 0.15) is 17.2 Å². The Hall–Kier alpha value is -3.04. The third-order valence-corrected chi connectivity index (χ3v) is 10.1. The van der Waals surface area contributed by atoms with E-state index in [0.29, 0.717) is 17.8 Å². The maximum absolute atomic E-state index is 12.9. The van der Waals surface area contributed by atoms with Crippen molar-refractivity contribution in [3.63, 3.8) is 0 Å². The summed E-state index contributed by atoms with van der Waals surface area (Å²) in [6.07, 6.45) is 6.01. The topological polar surface area (TPSA) is 111 Å². The number of ether oxygens (including phenoxy) is 1. The van der Waals surface area contributed by atoms with Crippen LogP contribution in [0.15, 0.2) is 48.5 Å². The molecule has 4 bridgehead atoms. The van der Waals surface area contributed by atoms with Crippen molar-refractivity contribution in [3.05, 3.63) is 60.2 Å². The van der Waals surface area contributed by atoms with Crippen LogP contribution in [0.25, 0.3) is 0 Å². The van der Waals surface area contributed by atoms with Gasteiger partial charge in [0.25, 0.3) is 0 Å². The first kappa shape index (κ1) is 33.8. The van der Waals surface area contributed by atoms with Gasteiger partial charge in [0.05, 0.1) is 6.42 Å². The summed E-state index contributed by atoms with van der Waals surface area (Å²) in [5.41, 5.74) is 6.98. The fraction of sp³-hybridized carbons (Fsp3) is 0.559. The molecule has 2 atom stereocenters. The van der Waals surface area contributed by atoms with E-state index in [4.69, 9.17) is 10.5 Å². The first-order chi connectivity index (χ1) is 20.0. The average molecular weight is 632 g/mol. The Morgan fingerprint density at radius 2 is 1.14 bits per heavy atom. The van der Waals surface area contributed by atoms with E-state index < -0.39 is 5.60 Å². The van der Waals surface area contributed by atoms with Crippen molar-refractivity contribution in [2.24, 2.45) is 33.8 Å². The fourth-order valence-electron chi connectivity index (χ4n) is 7.95. The van der Waals surface area contributed by atoms with Gasteiger partial charge in [-0.25, -0.2) is 8.78 Å². The van der Waals surface area contributed by atoms with Crippen LogP contribution in [0.4, 0.5) is 20.2 Å². The van der Waals surface area contributed by atoms with E-state index in [1.165, 1.54) is 24.3 Å². The number of halogens is 3. The van der Waals surface area contributed by atoms with Crippen LogP contribution in [0.5, 0.6) is 0 Å². The summed E-state index contributed by atoms with van der Waals surface area (Å²) in [6, 6.07) is 11.6. The maximum atomic E-state index is 12.9. The monoisotopic (exact) mass is 631 g/mol. The zero-order valence-electron chi connectivity index (χ0n) is 26.1. The number of benzene rings is 2. The van der Waals surface area contributed by atoms with Gasteiger partial charge in [-0.05, 0) is 124 Å². The second-order valence-corrected chi connectivity index (χ2v) is 14.8. The number of rotatable bonds is 8. The zero-order chi connectivity index (χ0) is 31.4. The second-order valence-electron chi connectivity index (χ2n) is 14.8. The third kappa shape index (κ3) is 6.79. The van der Waals surface area contributed by atoms with Gasteiger partial charge < -0.3 is 21.1 Å². The number of anilines is 2. The van der Waals surface area contributed by atoms with Gasteiger partial charge >= 0.3 is 5.97 Å². The quantitative estimate of drug-likeness (QED) is 0.272. The molecule has 6 fully saturated rings. The van der Waals surface area contributed by atoms with E-state index in [1.807, 2.05) is 34.6 Å². The predicted octanol–water partition coefficient (Wildman–Crippen LogP) is 7.01. The van der Waals surface area contributed by atoms with Crippen LogP contribution >= 0.6 is 12.4 Å². The highest BCUT2D eigenvalue weighted by Crippen LogP contribution is 2.77. The molecule has 8 rings (SSSR count). The predicted molar refractivity (Wildman–Crippen MR) is 168 cm³/mol. The highest BCUT2D eigenvalue weighted by atomic mass is 35.5. The van der Waals surface area contributed by atoms with Gasteiger partial charge in [-0.1, -0.05) is 13.8 Å². The fourth-order valence-corrected chi connectivity index (χ4v) is 7.95. The molecule has 2 amide bonds. The Balaban J connectivity index is 0.000000206. The van der Waals surface area contributed by atoms with E-state index in [0.717, 1.165) is 38.5 Å². The number of esters is 1. The van der Waals surface area contributed by atoms with Crippen LogP contribution in [0.3, 0.4) is 0 Å². The molecule has 240 valence electrons. The largest absolute Gasteiger partial charge is 0.460 e. The molecule has 2 aromatic rings. The molecule has 0 aromatic heterocycles. The summed E-state index contributed by atoms with van der Waals surface area (Å²) in [7, 11) is 0. The first-order valence-electron chi connectivity index (χ1n) is 15.1. The molecule has 0 heterocycles. The Labute approximate surface area is 264 Å². The molecule has 4 N–H and O–H groups in total. The molecule has 44 heavy (non-hydrogen) atoms. The Morgan fingerprint density at radius 3 is 1.48 bits per heavy atom. The van der Waals surface area contributed by atoms with Gasteiger partial charge in [0.15, 0.2) is 0 Å². The van der Waals surface area contributed by atoms with Crippen molar-refractivity contribution in [1.82, 2.24) is 0 Å². The van der Waals surface area contributed by atoms with E-state index in [1.54, 1.807) is 24.3 Å². The van der Waals surface area contributed by atoms with Gasteiger partial charge in [-0.2, -0.15) is 0 Å². The zero-order valence-corrected chi connectivity index (χ0v) is 26.9. The van der Waals surface area contributed by atoms with E-state index in [-0.39, 0.29) is 75.4 Å². The molecule has 0 spiro atoms. The number of carbonyl (C=O) groups excluding carboxylic acids is 3. The van der Waals surface area contributed by atoms with E-state index in [9.17, 15) is 23.2 Å². The van der Waals surface area contributed by atoms with Gasteiger partial charge in [0.2, 0.25) is 11.8 Å². The highest BCUT2D eigenvalue weighted by Gasteiger charge is 2.71.